The van der Waals surface area contributed by atoms with Crippen LogP contribution in [0, 0.1) is 0 Å². The summed E-state index contributed by atoms with van der Waals surface area (Å²) < 4.78 is 5.27. The first-order valence-corrected chi connectivity index (χ1v) is 6.73. The van der Waals surface area contributed by atoms with Gasteiger partial charge in [0.25, 0.3) is 0 Å². The number of nitrogen functional groups attached to an aromatic ring is 1. The summed E-state index contributed by atoms with van der Waals surface area (Å²) in [4.78, 5) is 14.0. The van der Waals surface area contributed by atoms with E-state index >= 15 is 0 Å². The molecule has 1 unspecified atom stereocenters. The first-order valence-electron chi connectivity index (χ1n) is 6.73. The van der Waals surface area contributed by atoms with Gasteiger partial charge < -0.3 is 20.7 Å². The normalized spacial score (nSPS) is 22.1. The van der Waals surface area contributed by atoms with E-state index in [1.807, 2.05) is 17.0 Å². The van der Waals surface area contributed by atoms with Crippen LogP contribution in [0.5, 0.6) is 0 Å². The van der Waals surface area contributed by atoms with Crippen LogP contribution < -0.4 is 11.1 Å². The average molecular weight is 261 g/mol. The van der Waals surface area contributed by atoms with Crippen molar-refractivity contribution in [2.24, 2.45) is 0 Å². The summed E-state index contributed by atoms with van der Waals surface area (Å²) in [5.41, 5.74) is 9.11. The van der Waals surface area contributed by atoms with Crippen LogP contribution in [0.25, 0.3) is 0 Å². The minimum Gasteiger partial charge on any atom is -0.398 e. The Morgan fingerprint density at radius 3 is 3.16 bits per heavy atom. The van der Waals surface area contributed by atoms with Crippen LogP contribution in [0.2, 0.25) is 0 Å². The highest BCUT2D eigenvalue weighted by Crippen LogP contribution is 2.24. The van der Waals surface area contributed by atoms with Gasteiger partial charge in [0, 0.05) is 25.4 Å². The van der Waals surface area contributed by atoms with Gasteiger partial charge >= 0.3 is 6.03 Å². The Balaban J connectivity index is 1.67. The number of fused-ring (bicyclic) bond motifs is 1. The van der Waals surface area contributed by atoms with Crippen LogP contribution in [-0.4, -0.2) is 36.7 Å². The molecule has 3 rings (SSSR count). The fraction of sp³-hybridized carbons (Fsp3) is 0.500. The van der Waals surface area contributed by atoms with Gasteiger partial charge in [-0.05, 0) is 30.0 Å². The van der Waals surface area contributed by atoms with E-state index < -0.39 is 0 Å². The molecule has 2 heterocycles. The smallest absolute Gasteiger partial charge is 0.318 e. The lowest BCUT2D eigenvalue weighted by Gasteiger charge is -2.30. The number of benzene rings is 1. The van der Waals surface area contributed by atoms with Gasteiger partial charge in [0.15, 0.2) is 0 Å². The SMILES string of the molecule is Nc1cccc2c1CN(C(=O)NC1CCOC1)CC2. The van der Waals surface area contributed by atoms with Crippen molar-refractivity contribution in [3.63, 3.8) is 0 Å². The van der Waals surface area contributed by atoms with E-state index in [1.54, 1.807) is 0 Å². The number of amides is 2. The van der Waals surface area contributed by atoms with E-state index in [0.29, 0.717) is 13.2 Å². The summed E-state index contributed by atoms with van der Waals surface area (Å²) in [6.07, 6.45) is 1.77. The molecule has 0 spiro atoms. The molecule has 0 saturated carbocycles. The number of anilines is 1. The number of nitrogens with two attached hydrogens (primary N) is 1. The molecule has 102 valence electrons. The van der Waals surface area contributed by atoms with E-state index in [0.717, 1.165) is 37.2 Å². The number of hydrogen-bond acceptors (Lipinski definition) is 3. The zero-order chi connectivity index (χ0) is 13.2. The molecular weight excluding hydrogens is 242 g/mol. The second-order valence-corrected chi connectivity index (χ2v) is 5.17. The van der Waals surface area contributed by atoms with Gasteiger partial charge in [-0.2, -0.15) is 0 Å². The number of ether oxygens (including phenoxy) is 1. The molecule has 2 aliphatic rings. The Morgan fingerprint density at radius 2 is 2.37 bits per heavy atom. The number of hydrogen-bond donors (Lipinski definition) is 2. The van der Waals surface area contributed by atoms with E-state index in [-0.39, 0.29) is 12.1 Å². The summed E-state index contributed by atoms with van der Waals surface area (Å²) in [6.45, 7) is 2.70. The van der Waals surface area contributed by atoms with Crippen molar-refractivity contribution in [3.8, 4) is 0 Å². The molecule has 1 saturated heterocycles. The molecule has 2 aliphatic heterocycles. The van der Waals surface area contributed by atoms with Crippen molar-refractivity contribution < 1.29 is 9.53 Å². The second-order valence-electron chi connectivity index (χ2n) is 5.17. The lowest BCUT2D eigenvalue weighted by Crippen LogP contribution is -2.47. The quantitative estimate of drug-likeness (QED) is 0.745. The standard InChI is InChI=1S/C14H19N3O2/c15-13-3-1-2-10-4-6-17(8-12(10)13)14(18)16-11-5-7-19-9-11/h1-3,11H,4-9,15H2,(H,16,18). The molecule has 0 aliphatic carbocycles. The van der Waals surface area contributed by atoms with Crippen LogP contribution in [-0.2, 0) is 17.7 Å². The molecule has 3 N–H and O–H groups in total. The van der Waals surface area contributed by atoms with Crippen molar-refractivity contribution in [1.82, 2.24) is 10.2 Å². The molecule has 1 aromatic carbocycles. The number of carbonyl (C=O) groups excluding carboxylic acids is 1. The highest BCUT2D eigenvalue weighted by molar-refractivity contribution is 5.75. The monoisotopic (exact) mass is 261 g/mol. The minimum atomic E-state index is -0.00981. The highest BCUT2D eigenvalue weighted by atomic mass is 16.5. The highest BCUT2D eigenvalue weighted by Gasteiger charge is 2.25. The molecule has 5 heteroatoms. The molecule has 2 amide bonds. The Labute approximate surface area is 112 Å². The van der Waals surface area contributed by atoms with Crippen LogP contribution >= 0.6 is 0 Å². The topological polar surface area (TPSA) is 67.6 Å². The van der Waals surface area contributed by atoms with E-state index in [2.05, 4.69) is 11.4 Å². The van der Waals surface area contributed by atoms with Gasteiger partial charge in [0.1, 0.15) is 0 Å². The van der Waals surface area contributed by atoms with Gasteiger partial charge in [0.05, 0.1) is 12.6 Å². The maximum absolute atomic E-state index is 12.2. The first kappa shape index (κ1) is 12.3. The minimum absolute atomic E-state index is 0.00981. The number of nitrogens with zero attached hydrogens (tertiary/aromatic N) is 1. The Hall–Kier alpha value is -1.75. The number of urea groups is 1. The maximum Gasteiger partial charge on any atom is 0.318 e. The molecule has 5 nitrogen and oxygen atoms in total. The Kier molecular flexibility index (Phi) is 3.29. The predicted octanol–water partition coefficient (Wildman–Crippen LogP) is 1.13. The number of rotatable bonds is 1. The lowest BCUT2D eigenvalue weighted by molar-refractivity contribution is 0.175. The van der Waals surface area contributed by atoms with Crippen LogP contribution in [0.3, 0.4) is 0 Å². The molecule has 0 radical (unpaired) electrons. The largest absolute Gasteiger partial charge is 0.398 e. The molecule has 1 fully saturated rings. The third-order valence-electron chi connectivity index (χ3n) is 3.85. The molecule has 1 aromatic rings. The van der Waals surface area contributed by atoms with Gasteiger partial charge in [-0.1, -0.05) is 12.1 Å². The molecule has 0 bridgehead atoms. The van der Waals surface area contributed by atoms with Gasteiger partial charge in [-0.25, -0.2) is 4.79 Å². The molecule has 0 aromatic heterocycles. The third-order valence-corrected chi connectivity index (χ3v) is 3.85. The zero-order valence-electron chi connectivity index (χ0n) is 10.9. The molecule has 1 atom stereocenters. The Morgan fingerprint density at radius 1 is 1.47 bits per heavy atom. The summed E-state index contributed by atoms with van der Waals surface area (Å²) in [6, 6.07) is 6.10. The van der Waals surface area contributed by atoms with Gasteiger partial charge in [0.2, 0.25) is 0 Å². The van der Waals surface area contributed by atoms with E-state index in [4.69, 9.17) is 10.5 Å². The van der Waals surface area contributed by atoms with Crippen LogP contribution in [0.15, 0.2) is 18.2 Å². The van der Waals surface area contributed by atoms with Gasteiger partial charge in [-0.3, -0.25) is 0 Å². The van der Waals surface area contributed by atoms with Crippen molar-refractivity contribution in [2.45, 2.75) is 25.4 Å². The van der Waals surface area contributed by atoms with Crippen LogP contribution in [0.1, 0.15) is 17.5 Å². The van der Waals surface area contributed by atoms with Crippen LogP contribution in [0.4, 0.5) is 10.5 Å². The predicted molar refractivity (Wildman–Crippen MR) is 72.7 cm³/mol. The number of nitrogens with one attached hydrogen (secondary N) is 1. The lowest BCUT2D eigenvalue weighted by atomic mass is 9.98. The fourth-order valence-electron chi connectivity index (χ4n) is 2.69. The zero-order valence-corrected chi connectivity index (χ0v) is 10.9. The van der Waals surface area contributed by atoms with Gasteiger partial charge in [-0.15, -0.1) is 0 Å². The average Bonchev–Trinajstić information content (AvgIpc) is 2.92. The first-order chi connectivity index (χ1) is 9.24. The maximum atomic E-state index is 12.2. The summed E-state index contributed by atoms with van der Waals surface area (Å²) >= 11 is 0. The summed E-state index contributed by atoms with van der Waals surface area (Å²) in [5, 5.41) is 3.02. The van der Waals surface area contributed by atoms with E-state index in [9.17, 15) is 4.79 Å². The van der Waals surface area contributed by atoms with Crippen molar-refractivity contribution in [1.29, 1.82) is 0 Å². The Bertz CT molecular complexity index is 484. The molecule has 19 heavy (non-hydrogen) atoms. The summed E-state index contributed by atoms with van der Waals surface area (Å²) in [5.74, 6) is 0. The van der Waals surface area contributed by atoms with Crippen molar-refractivity contribution in [2.75, 3.05) is 25.5 Å². The molecular formula is C14H19N3O2. The van der Waals surface area contributed by atoms with Crippen molar-refractivity contribution >= 4 is 11.7 Å². The third kappa shape index (κ3) is 2.51. The second kappa shape index (κ2) is 5.09. The fourth-order valence-corrected chi connectivity index (χ4v) is 2.69. The van der Waals surface area contributed by atoms with Crippen molar-refractivity contribution in [3.05, 3.63) is 29.3 Å². The number of carbonyl (C=O) groups is 1. The van der Waals surface area contributed by atoms with E-state index in [1.165, 1.54) is 5.56 Å². The summed E-state index contributed by atoms with van der Waals surface area (Å²) in [7, 11) is 0.